The molecule has 162 valence electrons. The van der Waals surface area contributed by atoms with Crippen molar-refractivity contribution >= 4 is 11.9 Å². The van der Waals surface area contributed by atoms with Gasteiger partial charge in [-0.25, -0.2) is 0 Å². The maximum absolute atomic E-state index is 12.3. The molecule has 2 aromatic rings. The van der Waals surface area contributed by atoms with Crippen LogP contribution in [0.25, 0.3) is 0 Å². The lowest BCUT2D eigenvalue weighted by Gasteiger charge is -2.42. The van der Waals surface area contributed by atoms with E-state index in [4.69, 9.17) is 9.72 Å². The molecule has 2 aromatic heterocycles. The van der Waals surface area contributed by atoms with Crippen molar-refractivity contribution in [1.29, 1.82) is 0 Å². The third-order valence-electron chi connectivity index (χ3n) is 5.95. The number of nitrogens with one attached hydrogen (secondary N) is 1. The first-order valence-corrected chi connectivity index (χ1v) is 11.2. The molecule has 0 saturated carbocycles. The topological polar surface area (TPSA) is 85.2 Å². The fraction of sp³-hybridized carbons (Fsp3) is 0.636. The minimum Gasteiger partial charge on any atom is -0.464 e. The number of rotatable bonds is 9. The summed E-state index contributed by atoms with van der Waals surface area (Å²) in [5.74, 6) is 1.96. The van der Waals surface area contributed by atoms with Gasteiger partial charge >= 0.3 is 6.01 Å². The van der Waals surface area contributed by atoms with Crippen molar-refractivity contribution in [3.63, 3.8) is 0 Å². The van der Waals surface area contributed by atoms with Gasteiger partial charge in [-0.15, -0.1) is 0 Å². The average Bonchev–Trinajstić information content (AvgIpc) is 2.74. The van der Waals surface area contributed by atoms with E-state index in [1.807, 2.05) is 17.6 Å². The lowest BCUT2D eigenvalue weighted by molar-refractivity contribution is 0.277. The van der Waals surface area contributed by atoms with Crippen molar-refractivity contribution < 1.29 is 4.74 Å². The van der Waals surface area contributed by atoms with Crippen LogP contribution < -0.4 is 20.5 Å². The van der Waals surface area contributed by atoms with E-state index in [-0.39, 0.29) is 5.56 Å². The Morgan fingerprint density at radius 2 is 2.00 bits per heavy atom. The van der Waals surface area contributed by atoms with Crippen LogP contribution in [0.5, 0.6) is 6.01 Å². The van der Waals surface area contributed by atoms with E-state index < -0.39 is 0 Å². The van der Waals surface area contributed by atoms with Crippen molar-refractivity contribution in [3.05, 3.63) is 34.2 Å². The molecule has 2 bridgehead atoms. The van der Waals surface area contributed by atoms with Crippen molar-refractivity contribution in [3.8, 4) is 6.01 Å². The molecule has 1 fully saturated rings. The predicted molar refractivity (Wildman–Crippen MR) is 117 cm³/mol. The third kappa shape index (κ3) is 4.57. The van der Waals surface area contributed by atoms with Gasteiger partial charge in [0.1, 0.15) is 0 Å². The summed E-state index contributed by atoms with van der Waals surface area (Å²) >= 11 is 0. The summed E-state index contributed by atoms with van der Waals surface area (Å²) < 4.78 is 7.56. The first-order chi connectivity index (χ1) is 14.7. The Morgan fingerprint density at radius 3 is 2.83 bits per heavy atom. The summed E-state index contributed by atoms with van der Waals surface area (Å²) in [5.41, 5.74) is 1.22. The molecule has 2 atom stereocenters. The van der Waals surface area contributed by atoms with Crippen LogP contribution in [0.3, 0.4) is 0 Å². The number of nitrogens with zero attached hydrogens (tertiary/aromatic N) is 5. The van der Waals surface area contributed by atoms with Crippen LogP contribution in [0.4, 0.5) is 11.9 Å². The molecular formula is C22H32N6O2. The highest BCUT2D eigenvalue weighted by atomic mass is 16.5. The van der Waals surface area contributed by atoms with E-state index in [1.54, 1.807) is 6.07 Å². The molecule has 30 heavy (non-hydrogen) atoms. The zero-order valence-electron chi connectivity index (χ0n) is 18.0. The Balaban J connectivity index is 1.52. The van der Waals surface area contributed by atoms with Crippen LogP contribution in [-0.4, -0.2) is 45.8 Å². The van der Waals surface area contributed by atoms with Gasteiger partial charge in [0, 0.05) is 43.9 Å². The maximum atomic E-state index is 12.3. The molecule has 8 nitrogen and oxygen atoms in total. The van der Waals surface area contributed by atoms with E-state index in [0.717, 1.165) is 44.7 Å². The highest BCUT2D eigenvalue weighted by Gasteiger charge is 2.35. The largest absolute Gasteiger partial charge is 0.464 e. The second kappa shape index (κ2) is 9.45. The molecule has 2 aliphatic heterocycles. The van der Waals surface area contributed by atoms with E-state index in [9.17, 15) is 4.79 Å². The molecule has 0 radical (unpaired) electrons. The normalized spacial score (nSPS) is 20.0. The number of ether oxygens (including phenoxy) is 1. The van der Waals surface area contributed by atoms with Gasteiger partial charge in [-0.05, 0) is 31.7 Å². The minimum atomic E-state index is 0.101. The number of fused-ring (bicyclic) bond motifs is 4. The van der Waals surface area contributed by atoms with Crippen LogP contribution >= 0.6 is 0 Å². The molecule has 0 aliphatic carbocycles. The molecular weight excluding hydrogens is 380 g/mol. The highest BCUT2D eigenvalue weighted by Crippen LogP contribution is 2.36. The molecule has 4 heterocycles. The summed E-state index contributed by atoms with van der Waals surface area (Å²) in [6, 6.07) is 5.96. The second-order valence-electron chi connectivity index (χ2n) is 8.27. The van der Waals surface area contributed by atoms with Gasteiger partial charge in [-0.1, -0.05) is 32.3 Å². The van der Waals surface area contributed by atoms with Crippen LogP contribution in [-0.2, 0) is 6.54 Å². The third-order valence-corrected chi connectivity index (χ3v) is 5.95. The highest BCUT2D eigenvalue weighted by molar-refractivity contribution is 5.40. The molecule has 1 saturated heterocycles. The van der Waals surface area contributed by atoms with Gasteiger partial charge in [0.2, 0.25) is 11.9 Å². The standard InChI is InChI=1S/C22H32N6O2/c1-3-5-6-7-11-23-20-24-21(26-22(25-20)30-4-2)27-13-16-12-17(15-27)18-9-8-10-19(29)28(18)14-16/h8-10,16-17H,3-7,11-15H2,1-2H3,(H,23,24,25,26)/t16-,17+/m1/s1. The van der Waals surface area contributed by atoms with Gasteiger partial charge in [-0.2, -0.15) is 15.0 Å². The van der Waals surface area contributed by atoms with E-state index in [1.165, 1.54) is 19.3 Å². The van der Waals surface area contributed by atoms with Crippen LogP contribution in [0.2, 0.25) is 0 Å². The zero-order valence-corrected chi connectivity index (χ0v) is 18.0. The zero-order chi connectivity index (χ0) is 20.9. The molecule has 1 N–H and O–H groups in total. The minimum absolute atomic E-state index is 0.101. The van der Waals surface area contributed by atoms with E-state index >= 15 is 0 Å². The Labute approximate surface area is 177 Å². The molecule has 4 rings (SSSR count). The molecule has 0 amide bonds. The van der Waals surface area contributed by atoms with Crippen LogP contribution in [0.1, 0.15) is 57.6 Å². The van der Waals surface area contributed by atoms with Gasteiger partial charge in [0.25, 0.3) is 5.56 Å². The number of hydrogen-bond donors (Lipinski definition) is 1. The Morgan fingerprint density at radius 1 is 1.10 bits per heavy atom. The summed E-state index contributed by atoms with van der Waals surface area (Å²) in [6.45, 7) is 7.89. The Kier molecular flexibility index (Phi) is 6.50. The maximum Gasteiger partial charge on any atom is 0.323 e. The first-order valence-electron chi connectivity index (χ1n) is 11.2. The van der Waals surface area contributed by atoms with Gasteiger partial charge < -0.3 is 19.5 Å². The number of piperidine rings is 1. The van der Waals surface area contributed by atoms with Crippen LogP contribution in [0.15, 0.2) is 23.0 Å². The fourth-order valence-electron chi connectivity index (χ4n) is 4.57. The summed E-state index contributed by atoms with van der Waals surface area (Å²) in [6.07, 6.45) is 5.87. The van der Waals surface area contributed by atoms with Gasteiger partial charge in [0.05, 0.1) is 6.61 Å². The van der Waals surface area contributed by atoms with E-state index in [2.05, 4.69) is 33.2 Å². The smallest absolute Gasteiger partial charge is 0.323 e. The monoisotopic (exact) mass is 412 g/mol. The number of unbranched alkanes of at least 4 members (excludes halogenated alkanes) is 3. The number of aromatic nitrogens is 4. The molecule has 0 unspecified atom stereocenters. The predicted octanol–water partition coefficient (Wildman–Crippen LogP) is 3.05. The second-order valence-corrected chi connectivity index (χ2v) is 8.27. The molecule has 0 spiro atoms. The van der Waals surface area contributed by atoms with Crippen molar-refractivity contribution in [2.24, 2.45) is 5.92 Å². The summed E-state index contributed by atoms with van der Waals surface area (Å²) in [7, 11) is 0. The van der Waals surface area contributed by atoms with E-state index in [0.29, 0.717) is 36.3 Å². The lowest BCUT2D eigenvalue weighted by Crippen LogP contribution is -2.47. The number of hydrogen-bond acceptors (Lipinski definition) is 7. The SMILES string of the molecule is CCCCCCNc1nc(OCC)nc(N2C[C@H]3C[C@@H](C2)c2cccc(=O)n2C3)n1. The Hall–Kier alpha value is -2.64. The van der Waals surface area contributed by atoms with Crippen LogP contribution in [0, 0.1) is 5.92 Å². The number of anilines is 2. The van der Waals surface area contributed by atoms with Crippen molar-refractivity contribution in [2.75, 3.05) is 36.5 Å². The summed E-state index contributed by atoms with van der Waals surface area (Å²) in [5, 5.41) is 3.34. The fourth-order valence-corrected chi connectivity index (χ4v) is 4.57. The quantitative estimate of drug-likeness (QED) is 0.634. The lowest BCUT2D eigenvalue weighted by atomic mass is 9.83. The average molecular weight is 413 g/mol. The Bertz CT molecular complexity index is 915. The molecule has 0 aromatic carbocycles. The molecule has 8 heteroatoms. The summed E-state index contributed by atoms with van der Waals surface area (Å²) in [4.78, 5) is 28.2. The van der Waals surface area contributed by atoms with Gasteiger partial charge in [0.15, 0.2) is 0 Å². The number of pyridine rings is 1. The van der Waals surface area contributed by atoms with Crippen molar-refractivity contribution in [2.45, 2.75) is 58.4 Å². The first kappa shape index (κ1) is 20.6. The molecule has 2 aliphatic rings. The van der Waals surface area contributed by atoms with Crippen molar-refractivity contribution in [1.82, 2.24) is 19.5 Å². The van der Waals surface area contributed by atoms with Gasteiger partial charge in [-0.3, -0.25) is 4.79 Å².